The zero-order valence-electron chi connectivity index (χ0n) is 19.4. The molecule has 0 fully saturated rings. The van der Waals surface area contributed by atoms with E-state index >= 15 is 0 Å². The molecule has 2 heterocycles. The summed E-state index contributed by atoms with van der Waals surface area (Å²) >= 11 is 0. The van der Waals surface area contributed by atoms with Gasteiger partial charge in [0.05, 0.1) is 16.9 Å². The van der Waals surface area contributed by atoms with E-state index in [1.54, 1.807) is 48.5 Å². The summed E-state index contributed by atoms with van der Waals surface area (Å²) in [7, 11) is 0. The number of hydrogen-bond acceptors (Lipinski definition) is 4. The number of aromatic nitrogens is 2. The number of para-hydroxylation sites is 1. The number of hydrogen-bond donors (Lipinski definition) is 2. The average Bonchev–Trinajstić information content (AvgIpc) is 3.35. The summed E-state index contributed by atoms with van der Waals surface area (Å²) in [5.74, 6) is -0.0515. The van der Waals surface area contributed by atoms with Crippen LogP contribution in [-0.2, 0) is 13.2 Å². The number of carbonyl (C=O) groups is 2. The number of pyridine rings is 1. The van der Waals surface area contributed by atoms with Gasteiger partial charge in [-0.25, -0.2) is 4.98 Å². The molecule has 2 amide bonds. The highest BCUT2D eigenvalue weighted by molar-refractivity contribution is 6.09. The first kappa shape index (κ1) is 22.9. The number of rotatable bonds is 8. The van der Waals surface area contributed by atoms with E-state index in [4.69, 9.17) is 4.74 Å². The second kappa shape index (κ2) is 10.6. The maximum atomic E-state index is 13.0. The number of fused-ring (bicyclic) bond motifs is 1. The molecular weight excluding hydrogens is 452 g/mol. The predicted molar refractivity (Wildman–Crippen MR) is 138 cm³/mol. The number of anilines is 1. The fraction of sp³-hybridized carbons (Fsp3) is 0.0690. The van der Waals surface area contributed by atoms with Crippen molar-refractivity contribution in [1.29, 1.82) is 0 Å². The lowest BCUT2D eigenvalue weighted by atomic mass is 10.1. The molecule has 3 aromatic carbocycles. The van der Waals surface area contributed by atoms with Gasteiger partial charge in [-0.15, -0.1) is 0 Å². The van der Waals surface area contributed by atoms with E-state index in [0.717, 1.165) is 16.9 Å². The number of amides is 2. The van der Waals surface area contributed by atoms with E-state index in [0.29, 0.717) is 29.1 Å². The summed E-state index contributed by atoms with van der Waals surface area (Å²) in [6.45, 7) is 0.671. The van der Waals surface area contributed by atoms with Gasteiger partial charge in [0.25, 0.3) is 11.8 Å². The first-order valence-electron chi connectivity index (χ1n) is 11.5. The van der Waals surface area contributed by atoms with Gasteiger partial charge in [-0.2, -0.15) is 0 Å². The van der Waals surface area contributed by atoms with Crippen LogP contribution in [0.3, 0.4) is 0 Å². The van der Waals surface area contributed by atoms with E-state index < -0.39 is 0 Å². The second-order valence-electron chi connectivity index (χ2n) is 8.18. The summed E-state index contributed by atoms with van der Waals surface area (Å²) in [5, 5.41) is 5.76. The van der Waals surface area contributed by atoms with Gasteiger partial charge in [-0.05, 0) is 48.0 Å². The molecule has 36 heavy (non-hydrogen) atoms. The lowest BCUT2D eigenvalue weighted by Crippen LogP contribution is -2.24. The highest BCUT2D eigenvalue weighted by Crippen LogP contribution is 2.19. The Labute approximate surface area is 208 Å². The van der Waals surface area contributed by atoms with Gasteiger partial charge in [0.15, 0.2) is 0 Å². The zero-order valence-corrected chi connectivity index (χ0v) is 19.4. The van der Waals surface area contributed by atoms with Crippen LogP contribution in [0, 0.1) is 0 Å². The van der Waals surface area contributed by atoms with Crippen molar-refractivity contribution in [2.45, 2.75) is 13.2 Å². The summed E-state index contributed by atoms with van der Waals surface area (Å²) in [6, 6.07) is 29.3. The first-order valence-corrected chi connectivity index (χ1v) is 11.5. The number of benzene rings is 3. The molecule has 0 saturated carbocycles. The van der Waals surface area contributed by atoms with Crippen LogP contribution in [0.5, 0.6) is 5.75 Å². The third-order valence-electron chi connectivity index (χ3n) is 5.61. The van der Waals surface area contributed by atoms with Crippen molar-refractivity contribution in [2.75, 3.05) is 5.32 Å². The largest absolute Gasteiger partial charge is 0.487 e. The van der Waals surface area contributed by atoms with E-state index in [-0.39, 0.29) is 18.4 Å². The minimum absolute atomic E-state index is 0.265. The van der Waals surface area contributed by atoms with E-state index in [2.05, 4.69) is 15.6 Å². The average molecular weight is 477 g/mol. The van der Waals surface area contributed by atoms with Crippen LogP contribution in [0.2, 0.25) is 0 Å². The molecule has 0 aliphatic rings. The minimum atomic E-state index is -0.337. The summed E-state index contributed by atoms with van der Waals surface area (Å²) in [6.07, 6.45) is 3.84. The third-order valence-corrected chi connectivity index (χ3v) is 5.61. The molecule has 0 atom stereocenters. The monoisotopic (exact) mass is 476 g/mol. The Morgan fingerprint density at radius 1 is 0.833 bits per heavy atom. The van der Waals surface area contributed by atoms with Crippen molar-refractivity contribution in [2.24, 2.45) is 0 Å². The van der Waals surface area contributed by atoms with Crippen molar-refractivity contribution in [3.63, 3.8) is 0 Å². The predicted octanol–water partition coefficient (Wildman–Crippen LogP) is 5.10. The van der Waals surface area contributed by atoms with Gasteiger partial charge in [0.2, 0.25) is 0 Å². The van der Waals surface area contributed by atoms with E-state index in [1.165, 1.54) is 0 Å². The molecule has 7 nitrogen and oxygen atoms in total. The van der Waals surface area contributed by atoms with Crippen LogP contribution in [0.1, 0.15) is 32.0 Å². The number of nitrogens with one attached hydrogen (secondary N) is 2. The molecular formula is C29H24N4O3. The van der Waals surface area contributed by atoms with Gasteiger partial charge in [-0.3, -0.25) is 9.59 Å². The maximum absolute atomic E-state index is 13.0. The number of ether oxygens (including phenoxy) is 1. The van der Waals surface area contributed by atoms with E-state index in [9.17, 15) is 9.59 Å². The van der Waals surface area contributed by atoms with Crippen LogP contribution in [0.15, 0.2) is 109 Å². The van der Waals surface area contributed by atoms with E-state index in [1.807, 2.05) is 65.3 Å². The lowest BCUT2D eigenvalue weighted by molar-refractivity contribution is 0.0952. The minimum Gasteiger partial charge on any atom is -0.487 e. The fourth-order valence-electron chi connectivity index (χ4n) is 3.80. The molecule has 0 unspecified atom stereocenters. The Morgan fingerprint density at radius 3 is 2.50 bits per heavy atom. The van der Waals surface area contributed by atoms with Gasteiger partial charge in [-0.1, -0.05) is 54.6 Å². The van der Waals surface area contributed by atoms with Gasteiger partial charge < -0.3 is 19.8 Å². The molecule has 0 aliphatic carbocycles. The normalized spacial score (nSPS) is 10.7. The lowest BCUT2D eigenvalue weighted by Gasteiger charge is -2.12. The van der Waals surface area contributed by atoms with Gasteiger partial charge in [0, 0.05) is 24.5 Å². The SMILES string of the molecule is O=C(Nc1ccccc1C(=O)NCc1ccccc1)c1cccc(OCc2cn3ccccc3n2)c1. The molecule has 5 aromatic rings. The highest BCUT2D eigenvalue weighted by Gasteiger charge is 2.15. The van der Waals surface area contributed by atoms with Crippen molar-refractivity contribution >= 4 is 23.1 Å². The number of imidazole rings is 1. The summed E-state index contributed by atoms with van der Waals surface area (Å²) in [4.78, 5) is 30.3. The number of carbonyl (C=O) groups excluding carboxylic acids is 2. The molecule has 5 rings (SSSR count). The van der Waals surface area contributed by atoms with Crippen LogP contribution in [0.25, 0.3) is 5.65 Å². The van der Waals surface area contributed by atoms with Crippen LogP contribution in [-0.4, -0.2) is 21.2 Å². The second-order valence-corrected chi connectivity index (χ2v) is 8.18. The molecule has 0 bridgehead atoms. The van der Waals surface area contributed by atoms with Crippen molar-refractivity contribution < 1.29 is 14.3 Å². The number of nitrogens with zero attached hydrogens (tertiary/aromatic N) is 2. The van der Waals surface area contributed by atoms with Crippen molar-refractivity contribution in [1.82, 2.24) is 14.7 Å². The van der Waals surface area contributed by atoms with Crippen LogP contribution < -0.4 is 15.4 Å². The first-order chi connectivity index (χ1) is 17.7. The van der Waals surface area contributed by atoms with Gasteiger partial charge >= 0.3 is 0 Å². The maximum Gasteiger partial charge on any atom is 0.255 e. The molecule has 0 radical (unpaired) electrons. The molecule has 0 spiro atoms. The van der Waals surface area contributed by atoms with Crippen molar-refractivity contribution in [3.05, 3.63) is 132 Å². The van der Waals surface area contributed by atoms with Crippen LogP contribution in [0.4, 0.5) is 5.69 Å². The highest BCUT2D eigenvalue weighted by atomic mass is 16.5. The van der Waals surface area contributed by atoms with Crippen molar-refractivity contribution in [3.8, 4) is 5.75 Å². The smallest absolute Gasteiger partial charge is 0.255 e. The topological polar surface area (TPSA) is 84.7 Å². The Kier molecular flexibility index (Phi) is 6.71. The molecule has 0 saturated heterocycles. The quantitative estimate of drug-likeness (QED) is 0.327. The molecule has 7 heteroatoms. The van der Waals surface area contributed by atoms with Crippen LogP contribution >= 0.6 is 0 Å². The Morgan fingerprint density at radius 2 is 1.64 bits per heavy atom. The standard InChI is InChI=1S/C29H24N4O3/c34-28(32-26-14-5-4-13-25(26)29(35)30-18-21-9-2-1-3-10-21)22-11-8-12-24(17-22)36-20-23-19-33-16-7-6-15-27(33)31-23/h1-17,19H,18,20H2,(H,30,35)(H,32,34). The molecule has 178 valence electrons. The zero-order chi connectivity index (χ0) is 24.7. The fourth-order valence-corrected chi connectivity index (χ4v) is 3.80. The Bertz CT molecular complexity index is 1480. The molecule has 2 N–H and O–H groups in total. The molecule has 0 aliphatic heterocycles. The summed E-state index contributed by atoms with van der Waals surface area (Å²) in [5.41, 5.74) is 3.86. The van der Waals surface area contributed by atoms with Gasteiger partial charge in [0.1, 0.15) is 18.0 Å². The Balaban J connectivity index is 1.24. The molecule has 2 aromatic heterocycles. The third kappa shape index (κ3) is 5.42. The summed E-state index contributed by atoms with van der Waals surface area (Å²) < 4.78 is 7.81. The Hall–Kier alpha value is -4.91.